The second kappa shape index (κ2) is 10.4. The number of halogens is 2. The standard InChI is InChI=1S/C23H27F2N3O4S/c1-3-11-27(12-4-2)33(31,32)19-8-6-18(7-9-19)28-15-16(13-22(28)29)23(30)26-21-10-5-17(24)14-20(21)25/h5-10,14,16H,3-4,11-13,15H2,1-2H3,(H,26,30)/t16-/m1/s1. The number of hydrogen-bond donors (Lipinski definition) is 1. The molecule has 0 spiro atoms. The molecule has 0 aliphatic carbocycles. The molecule has 0 aromatic heterocycles. The first kappa shape index (κ1) is 24.8. The molecular weight excluding hydrogens is 452 g/mol. The van der Waals surface area contributed by atoms with E-state index in [-0.39, 0.29) is 29.5 Å². The molecule has 7 nitrogen and oxygen atoms in total. The fourth-order valence-electron chi connectivity index (χ4n) is 3.76. The Bertz CT molecular complexity index is 1120. The van der Waals surface area contributed by atoms with Crippen molar-refractivity contribution in [2.45, 2.75) is 38.0 Å². The SMILES string of the molecule is CCCN(CCC)S(=O)(=O)c1ccc(N2C[C@H](C(=O)Nc3ccc(F)cc3F)CC2=O)cc1. The summed E-state index contributed by atoms with van der Waals surface area (Å²) in [6.45, 7) is 4.74. The van der Waals surface area contributed by atoms with Crippen LogP contribution in [0.4, 0.5) is 20.2 Å². The monoisotopic (exact) mass is 479 g/mol. The van der Waals surface area contributed by atoms with Crippen molar-refractivity contribution in [3.05, 3.63) is 54.1 Å². The second-order valence-corrected chi connectivity index (χ2v) is 9.85. The number of nitrogens with one attached hydrogen (secondary N) is 1. The van der Waals surface area contributed by atoms with Crippen molar-refractivity contribution >= 4 is 33.2 Å². The lowest BCUT2D eigenvalue weighted by molar-refractivity contribution is -0.122. The maximum Gasteiger partial charge on any atom is 0.243 e. The highest BCUT2D eigenvalue weighted by molar-refractivity contribution is 7.89. The summed E-state index contributed by atoms with van der Waals surface area (Å²) < 4.78 is 54.1. The number of carbonyl (C=O) groups is 2. The summed E-state index contributed by atoms with van der Waals surface area (Å²) in [5.74, 6) is -3.24. The second-order valence-electron chi connectivity index (χ2n) is 7.92. The van der Waals surface area contributed by atoms with Crippen LogP contribution in [-0.2, 0) is 19.6 Å². The summed E-state index contributed by atoms with van der Waals surface area (Å²) in [4.78, 5) is 26.6. The highest BCUT2D eigenvalue weighted by Crippen LogP contribution is 2.28. The molecule has 0 bridgehead atoms. The van der Waals surface area contributed by atoms with E-state index in [1.807, 2.05) is 13.8 Å². The molecule has 2 aromatic carbocycles. The molecule has 2 amide bonds. The molecular formula is C23H27F2N3O4S. The molecule has 1 aliphatic rings. The summed E-state index contributed by atoms with van der Waals surface area (Å²) in [6, 6.07) is 8.81. The molecule has 0 radical (unpaired) electrons. The molecule has 1 atom stereocenters. The van der Waals surface area contributed by atoms with Crippen molar-refractivity contribution < 1.29 is 26.8 Å². The van der Waals surface area contributed by atoms with Crippen LogP contribution in [0, 0.1) is 17.6 Å². The van der Waals surface area contributed by atoms with Crippen LogP contribution in [0.5, 0.6) is 0 Å². The Balaban J connectivity index is 1.71. The predicted octanol–water partition coefficient (Wildman–Crippen LogP) is 3.77. The average molecular weight is 480 g/mol. The number of nitrogens with zero attached hydrogens (tertiary/aromatic N) is 2. The Kier molecular flexibility index (Phi) is 7.80. The van der Waals surface area contributed by atoms with Crippen molar-refractivity contribution in [2.24, 2.45) is 5.92 Å². The van der Waals surface area contributed by atoms with E-state index in [2.05, 4.69) is 5.32 Å². The van der Waals surface area contributed by atoms with Gasteiger partial charge < -0.3 is 10.2 Å². The van der Waals surface area contributed by atoms with E-state index in [9.17, 15) is 26.8 Å². The molecule has 0 saturated carbocycles. The predicted molar refractivity (Wildman–Crippen MR) is 121 cm³/mol. The molecule has 10 heteroatoms. The van der Waals surface area contributed by atoms with Crippen LogP contribution in [0.3, 0.4) is 0 Å². The molecule has 0 unspecified atom stereocenters. The third kappa shape index (κ3) is 5.56. The van der Waals surface area contributed by atoms with Gasteiger partial charge in [0.15, 0.2) is 0 Å². The number of sulfonamides is 1. The number of carbonyl (C=O) groups excluding carboxylic acids is 2. The lowest BCUT2D eigenvalue weighted by Crippen LogP contribution is -2.32. The van der Waals surface area contributed by atoms with Gasteiger partial charge in [-0.1, -0.05) is 13.8 Å². The molecule has 1 fully saturated rings. The molecule has 1 saturated heterocycles. The number of amides is 2. The van der Waals surface area contributed by atoms with Gasteiger partial charge >= 0.3 is 0 Å². The van der Waals surface area contributed by atoms with Gasteiger partial charge in [-0.25, -0.2) is 17.2 Å². The summed E-state index contributed by atoms with van der Waals surface area (Å²) in [6.07, 6.45) is 1.32. The fraction of sp³-hybridized carbons (Fsp3) is 0.391. The molecule has 33 heavy (non-hydrogen) atoms. The fourth-order valence-corrected chi connectivity index (χ4v) is 5.38. The molecule has 1 N–H and O–H groups in total. The van der Waals surface area contributed by atoms with Crippen molar-refractivity contribution in [3.8, 4) is 0 Å². The maximum absolute atomic E-state index is 13.8. The van der Waals surface area contributed by atoms with Crippen LogP contribution in [-0.4, -0.2) is 44.2 Å². The van der Waals surface area contributed by atoms with Crippen molar-refractivity contribution in [1.82, 2.24) is 4.31 Å². The Morgan fingerprint density at radius 1 is 1.09 bits per heavy atom. The average Bonchev–Trinajstić information content (AvgIpc) is 3.17. The Morgan fingerprint density at radius 2 is 1.73 bits per heavy atom. The van der Waals surface area contributed by atoms with Gasteiger partial charge in [-0.15, -0.1) is 0 Å². The van der Waals surface area contributed by atoms with Crippen LogP contribution < -0.4 is 10.2 Å². The van der Waals surface area contributed by atoms with E-state index in [0.29, 0.717) is 37.7 Å². The highest BCUT2D eigenvalue weighted by Gasteiger charge is 2.35. The van der Waals surface area contributed by atoms with Crippen LogP contribution in [0.25, 0.3) is 0 Å². The largest absolute Gasteiger partial charge is 0.323 e. The van der Waals surface area contributed by atoms with Gasteiger partial charge in [0.25, 0.3) is 0 Å². The van der Waals surface area contributed by atoms with Crippen LogP contribution in [0.1, 0.15) is 33.1 Å². The molecule has 178 valence electrons. The minimum absolute atomic E-state index is 0.0668. The first-order valence-electron chi connectivity index (χ1n) is 10.8. The summed E-state index contributed by atoms with van der Waals surface area (Å²) in [7, 11) is -3.64. The molecule has 3 rings (SSSR count). The van der Waals surface area contributed by atoms with Crippen molar-refractivity contribution in [1.29, 1.82) is 0 Å². The van der Waals surface area contributed by atoms with E-state index in [1.54, 1.807) is 12.1 Å². The minimum Gasteiger partial charge on any atom is -0.323 e. The Hall–Kier alpha value is -2.85. The van der Waals surface area contributed by atoms with Crippen LogP contribution in [0.2, 0.25) is 0 Å². The van der Waals surface area contributed by atoms with Gasteiger partial charge in [0.05, 0.1) is 16.5 Å². The van der Waals surface area contributed by atoms with Gasteiger partial charge in [0.2, 0.25) is 21.8 Å². The molecule has 2 aromatic rings. The first-order valence-corrected chi connectivity index (χ1v) is 12.3. The lowest BCUT2D eigenvalue weighted by Gasteiger charge is -2.22. The molecule has 1 aliphatic heterocycles. The van der Waals surface area contributed by atoms with Gasteiger partial charge in [0.1, 0.15) is 11.6 Å². The van der Waals surface area contributed by atoms with E-state index < -0.39 is 33.5 Å². The van der Waals surface area contributed by atoms with Crippen molar-refractivity contribution in [2.75, 3.05) is 29.9 Å². The summed E-state index contributed by atoms with van der Waals surface area (Å²) in [5, 5.41) is 2.39. The van der Waals surface area contributed by atoms with Crippen LogP contribution in [0.15, 0.2) is 47.4 Å². The zero-order chi connectivity index (χ0) is 24.2. The summed E-state index contributed by atoms with van der Waals surface area (Å²) in [5.41, 5.74) is 0.310. The van der Waals surface area contributed by atoms with E-state index in [1.165, 1.54) is 21.3 Å². The number of benzene rings is 2. The van der Waals surface area contributed by atoms with Crippen LogP contribution >= 0.6 is 0 Å². The molecule has 1 heterocycles. The topological polar surface area (TPSA) is 86.8 Å². The number of hydrogen-bond acceptors (Lipinski definition) is 4. The quantitative estimate of drug-likeness (QED) is 0.593. The third-order valence-corrected chi connectivity index (χ3v) is 7.33. The first-order chi connectivity index (χ1) is 15.7. The smallest absolute Gasteiger partial charge is 0.243 e. The van der Waals surface area contributed by atoms with Gasteiger partial charge in [0, 0.05) is 37.8 Å². The lowest BCUT2D eigenvalue weighted by atomic mass is 10.1. The van der Waals surface area contributed by atoms with E-state index in [0.717, 1.165) is 12.1 Å². The van der Waals surface area contributed by atoms with E-state index >= 15 is 0 Å². The van der Waals surface area contributed by atoms with E-state index in [4.69, 9.17) is 0 Å². The Morgan fingerprint density at radius 3 is 2.30 bits per heavy atom. The zero-order valence-corrected chi connectivity index (χ0v) is 19.4. The van der Waals surface area contributed by atoms with Gasteiger partial charge in [-0.05, 0) is 49.2 Å². The number of anilines is 2. The Labute approximate surface area is 192 Å². The summed E-state index contributed by atoms with van der Waals surface area (Å²) >= 11 is 0. The zero-order valence-electron chi connectivity index (χ0n) is 18.6. The third-order valence-electron chi connectivity index (χ3n) is 5.42. The highest BCUT2D eigenvalue weighted by atomic mass is 32.2. The number of rotatable bonds is 9. The normalized spacial score (nSPS) is 16.5. The maximum atomic E-state index is 13.8. The van der Waals surface area contributed by atoms with Crippen molar-refractivity contribution in [3.63, 3.8) is 0 Å². The minimum atomic E-state index is -3.64. The van der Waals surface area contributed by atoms with Gasteiger partial charge in [-0.2, -0.15) is 4.31 Å². The van der Waals surface area contributed by atoms with Gasteiger partial charge in [-0.3, -0.25) is 9.59 Å².